The molecule has 0 bridgehead atoms. The lowest BCUT2D eigenvalue weighted by atomic mass is 9.97. The number of carbonyl (C=O) groups excluding carboxylic acids is 2. The fourth-order valence-corrected chi connectivity index (χ4v) is 4.86. The van der Waals surface area contributed by atoms with E-state index in [1.807, 2.05) is 13.8 Å². The minimum absolute atomic E-state index is 0. The highest BCUT2D eigenvalue weighted by molar-refractivity contribution is 7.99. The van der Waals surface area contributed by atoms with Crippen LogP contribution < -0.4 is 0 Å². The molecule has 0 saturated heterocycles. The molecule has 0 heterocycles. The van der Waals surface area contributed by atoms with E-state index in [-0.39, 0.29) is 34.0 Å². The van der Waals surface area contributed by atoms with Crippen molar-refractivity contribution >= 4 is 23.7 Å². The topological polar surface area (TPSA) is 71.1 Å². The van der Waals surface area contributed by atoms with Crippen molar-refractivity contribution in [2.75, 3.05) is 37.9 Å². The highest BCUT2D eigenvalue weighted by Crippen LogP contribution is 2.24. The molecule has 0 unspecified atom stereocenters. The quantitative estimate of drug-likeness (QED) is 0.0295. The lowest BCUT2D eigenvalue weighted by Gasteiger charge is -2.22. The third-order valence-electron chi connectivity index (χ3n) is 6.39. The predicted molar refractivity (Wildman–Crippen MR) is 173 cm³/mol. The lowest BCUT2D eigenvalue weighted by molar-refractivity contribution is -0.294. The molecule has 0 aliphatic carbocycles. The van der Waals surface area contributed by atoms with Gasteiger partial charge >= 0.3 is 11.9 Å². The first kappa shape index (κ1) is 43.4. The molecular weight excluding hydrogens is 524 g/mol. The smallest absolute Gasteiger partial charge is 0.333 e. The van der Waals surface area contributed by atoms with E-state index in [0.29, 0.717) is 30.3 Å². The van der Waals surface area contributed by atoms with Gasteiger partial charge in [-0.2, -0.15) is 11.8 Å². The van der Waals surface area contributed by atoms with E-state index in [9.17, 15) is 9.59 Å². The molecule has 40 heavy (non-hydrogen) atoms. The molecule has 0 fully saturated rings. The zero-order valence-corrected chi connectivity index (χ0v) is 25.9. The van der Waals surface area contributed by atoms with Crippen molar-refractivity contribution in [1.82, 2.24) is 0 Å². The van der Waals surface area contributed by atoms with Crippen LogP contribution in [0.15, 0.2) is 12.2 Å². The van der Waals surface area contributed by atoms with Crippen molar-refractivity contribution < 1.29 is 28.8 Å². The summed E-state index contributed by atoms with van der Waals surface area (Å²) in [4.78, 5) is 33.7. The van der Waals surface area contributed by atoms with Crippen LogP contribution in [0.2, 0.25) is 0 Å². The molecule has 0 aromatic heterocycles. The van der Waals surface area contributed by atoms with Crippen LogP contribution in [0.25, 0.3) is 0 Å². The second kappa shape index (κ2) is 30.9. The van der Waals surface area contributed by atoms with Gasteiger partial charge in [0.05, 0.1) is 18.6 Å². The maximum atomic E-state index is 12.4. The van der Waals surface area contributed by atoms with Gasteiger partial charge in [-0.25, -0.2) is 14.6 Å². The molecule has 0 aromatic rings. The van der Waals surface area contributed by atoms with Gasteiger partial charge in [0.15, 0.2) is 0 Å². The van der Waals surface area contributed by atoms with Crippen molar-refractivity contribution in [2.24, 2.45) is 5.41 Å². The average Bonchev–Trinajstić information content (AvgIpc) is 2.89. The number of ether oxygens (including phenoxy) is 2. The van der Waals surface area contributed by atoms with Crippen molar-refractivity contribution in [3.05, 3.63) is 12.2 Å². The summed E-state index contributed by atoms with van der Waals surface area (Å²) in [6, 6.07) is 0. The van der Waals surface area contributed by atoms with Crippen LogP contribution in [0.5, 0.6) is 0 Å². The molecule has 0 N–H and O–H groups in total. The van der Waals surface area contributed by atoms with Crippen molar-refractivity contribution in [2.45, 2.75) is 145 Å². The van der Waals surface area contributed by atoms with Crippen LogP contribution in [0, 0.1) is 5.41 Å². The first-order valence-corrected chi connectivity index (χ1v) is 16.3. The van der Waals surface area contributed by atoms with Crippen LogP contribution in [0.3, 0.4) is 0 Å². The van der Waals surface area contributed by atoms with Crippen LogP contribution >= 0.6 is 11.8 Å². The molecule has 0 radical (unpaired) electrons. The number of esters is 2. The Morgan fingerprint density at radius 3 is 1.57 bits per heavy atom. The molecule has 0 aromatic carbocycles. The highest BCUT2D eigenvalue weighted by Gasteiger charge is 2.29. The van der Waals surface area contributed by atoms with Gasteiger partial charge in [-0.3, -0.25) is 4.79 Å². The van der Waals surface area contributed by atoms with Crippen molar-refractivity contribution in [3.8, 4) is 0 Å². The maximum Gasteiger partial charge on any atom is 0.333 e. The number of hydrogen-bond donors (Lipinski definition) is 0. The first-order valence-electron chi connectivity index (χ1n) is 15.1. The summed E-state index contributed by atoms with van der Waals surface area (Å²) in [6.07, 6.45) is 21.3. The lowest BCUT2D eigenvalue weighted by Crippen LogP contribution is -2.29. The van der Waals surface area contributed by atoms with Crippen LogP contribution in [0.1, 0.15) is 145 Å². The van der Waals surface area contributed by atoms with E-state index < -0.39 is 11.4 Å². The summed E-state index contributed by atoms with van der Waals surface area (Å²) in [5.74, 6) is 0.779. The summed E-state index contributed by atoms with van der Waals surface area (Å²) < 4.78 is 10.4. The Kier molecular flexibility index (Phi) is 33.5. The summed E-state index contributed by atoms with van der Waals surface area (Å²) in [5, 5.41) is 0. The first-order chi connectivity index (χ1) is 18.3. The number of unbranched alkanes of at least 4 members (excludes halogenated alkanes) is 15. The molecular formula is C33H66O6S. The summed E-state index contributed by atoms with van der Waals surface area (Å²) in [6.45, 7) is 12.4. The predicted octanol–water partition coefficient (Wildman–Crippen LogP) is 9.89. The Bertz CT molecular complexity index is 593. The Balaban J connectivity index is -0.00000684. The van der Waals surface area contributed by atoms with E-state index in [2.05, 4.69) is 13.5 Å². The zero-order chi connectivity index (χ0) is 28.3. The highest BCUT2D eigenvalue weighted by atomic mass is 32.2. The van der Waals surface area contributed by atoms with E-state index in [1.165, 1.54) is 89.9 Å². The molecule has 0 spiro atoms. The van der Waals surface area contributed by atoms with E-state index in [1.54, 1.807) is 18.7 Å². The monoisotopic (exact) mass is 590 g/mol. The Morgan fingerprint density at radius 1 is 0.650 bits per heavy atom. The molecule has 0 aliphatic rings. The average molecular weight is 591 g/mol. The Labute approximate surface area is 253 Å². The minimum atomic E-state index is -0.530. The van der Waals surface area contributed by atoms with Gasteiger partial charge in [-0.15, -0.1) is 0 Å². The molecule has 7 heteroatoms. The van der Waals surface area contributed by atoms with Gasteiger partial charge in [0.25, 0.3) is 0 Å². The minimum Gasteiger partial charge on any atom is -0.465 e. The number of hydrogen-bond acceptors (Lipinski definition) is 7. The van der Waals surface area contributed by atoms with E-state index >= 15 is 0 Å². The molecule has 240 valence electrons. The molecule has 0 amide bonds. The Hall–Kier alpha value is -1.05. The molecule has 6 nitrogen and oxygen atoms in total. The van der Waals surface area contributed by atoms with Gasteiger partial charge < -0.3 is 9.47 Å². The van der Waals surface area contributed by atoms with Crippen molar-refractivity contribution in [1.29, 1.82) is 0 Å². The second-order valence-corrected chi connectivity index (χ2v) is 12.0. The summed E-state index contributed by atoms with van der Waals surface area (Å²) in [5.41, 5.74) is -0.175. The van der Waals surface area contributed by atoms with E-state index in [4.69, 9.17) is 19.2 Å². The number of rotatable bonds is 28. The molecule has 0 rings (SSSR count). The zero-order valence-electron chi connectivity index (χ0n) is 25.1. The van der Waals surface area contributed by atoms with Crippen LogP contribution in [0.4, 0.5) is 0 Å². The Morgan fingerprint density at radius 2 is 1.10 bits per heavy atom. The third-order valence-corrected chi connectivity index (χ3v) is 7.77. The van der Waals surface area contributed by atoms with Gasteiger partial charge in [0.1, 0.15) is 13.2 Å². The molecule has 0 atom stereocenters. The number of thioether (sulfide) groups is 1. The standard InChI is InChI=1S/C31H58O6S.2CH4/c1-6-7-8-9-10-11-12-13-14-15-16-17-18-19-20-21-22-35-30(33)31(4,5)27-38-26-25-37-36-24-23-34-29(32)28(2)3;;/h2,6-27H2,1,3-5H3;2*1H4. The largest absolute Gasteiger partial charge is 0.465 e. The fourth-order valence-electron chi connectivity index (χ4n) is 3.90. The summed E-state index contributed by atoms with van der Waals surface area (Å²) in [7, 11) is 0. The van der Waals surface area contributed by atoms with Gasteiger partial charge in [0, 0.05) is 17.1 Å². The third kappa shape index (κ3) is 28.5. The maximum absolute atomic E-state index is 12.4. The van der Waals surface area contributed by atoms with E-state index in [0.717, 1.165) is 12.8 Å². The van der Waals surface area contributed by atoms with Crippen LogP contribution in [-0.4, -0.2) is 49.9 Å². The second-order valence-electron chi connectivity index (χ2n) is 10.9. The SMILES string of the molecule is C.C.C=C(C)C(=O)OCCOOCCSCC(C)(C)C(=O)OCCCCCCCCCCCCCCCCCC. The molecule has 0 aliphatic heterocycles. The van der Waals surface area contributed by atoms with Gasteiger partial charge in [0.2, 0.25) is 0 Å². The normalized spacial score (nSPS) is 10.9. The summed E-state index contributed by atoms with van der Waals surface area (Å²) >= 11 is 1.62. The number of carbonyl (C=O) groups is 2. The van der Waals surface area contributed by atoms with Gasteiger partial charge in [-0.05, 0) is 27.2 Å². The van der Waals surface area contributed by atoms with Crippen molar-refractivity contribution in [3.63, 3.8) is 0 Å². The fraction of sp³-hybridized carbons (Fsp3) is 0.879. The van der Waals surface area contributed by atoms with Crippen LogP contribution in [-0.2, 0) is 28.8 Å². The van der Waals surface area contributed by atoms with Gasteiger partial charge in [-0.1, -0.05) is 125 Å². The molecule has 0 saturated carbocycles.